The Balaban J connectivity index is 2.14. The number of aryl methyl sites for hydroxylation is 1. The fourth-order valence-electron chi connectivity index (χ4n) is 1.99. The maximum atomic E-state index is 4.33. The maximum Gasteiger partial charge on any atom is 0.0806 e. The van der Waals surface area contributed by atoms with Gasteiger partial charge in [-0.3, -0.25) is 9.97 Å². The quantitative estimate of drug-likeness (QED) is 0.869. The molecule has 0 amide bonds. The Morgan fingerprint density at radius 1 is 1.22 bits per heavy atom. The largest absolute Gasteiger partial charge is 0.377 e. The van der Waals surface area contributed by atoms with Crippen molar-refractivity contribution < 1.29 is 0 Å². The van der Waals surface area contributed by atoms with Gasteiger partial charge in [-0.1, -0.05) is 31.5 Å². The highest BCUT2D eigenvalue weighted by Crippen LogP contribution is 2.21. The van der Waals surface area contributed by atoms with Gasteiger partial charge in [-0.25, -0.2) is 0 Å². The monoisotopic (exact) mass is 241 g/mol. The van der Waals surface area contributed by atoms with Gasteiger partial charge in [-0.2, -0.15) is 0 Å². The normalized spacial score (nSPS) is 12.1. The Hall–Kier alpha value is -1.90. The molecule has 0 saturated carbocycles. The minimum atomic E-state index is 0.164. The molecule has 1 atom stereocenters. The summed E-state index contributed by atoms with van der Waals surface area (Å²) in [6, 6.07) is 8.61. The molecule has 0 bridgehead atoms. The summed E-state index contributed by atoms with van der Waals surface area (Å²) in [5.41, 5.74) is 3.51. The molecule has 1 aromatic heterocycles. The van der Waals surface area contributed by atoms with Crippen LogP contribution in [0.3, 0.4) is 0 Å². The average molecular weight is 241 g/mol. The van der Waals surface area contributed by atoms with E-state index < -0.39 is 0 Å². The van der Waals surface area contributed by atoms with E-state index in [4.69, 9.17) is 0 Å². The molecule has 0 fully saturated rings. The predicted molar refractivity (Wildman–Crippen MR) is 74.5 cm³/mol. The number of benzene rings is 1. The summed E-state index contributed by atoms with van der Waals surface area (Å²) in [6.07, 6.45) is 7.47. The lowest BCUT2D eigenvalue weighted by atomic mass is 10.1. The second-order valence-corrected chi connectivity index (χ2v) is 4.40. The highest BCUT2D eigenvalue weighted by molar-refractivity contribution is 5.52. The molecule has 3 heteroatoms. The number of anilines is 1. The van der Waals surface area contributed by atoms with Gasteiger partial charge in [0, 0.05) is 18.1 Å². The first-order valence-corrected chi connectivity index (χ1v) is 6.41. The molecule has 1 unspecified atom stereocenters. The van der Waals surface area contributed by atoms with Gasteiger partial charge in [0.2, 0.25) is 0 Å². The highest BCUT2D eigenvalue weighted by atomic mass is 14.9. The van der Waals surface area contributed by atoms with Crippen LogP contribution < -0.4 is 5.32 Å². The molecule has 1 aromatic carbocycles. The van der Waals surface area contributed by atoms with E-state index in [-0.39, 0.29) is 6.04 Å². The molecule has 0 spiro atoms. The molecule has 1 heterocycles. The van der Waals surface area contributed by atoms with Crippen molar-refractivity contribution in [1.29, 1.82) is 0 Å². The second kappa shape index (κ2) is 6.15. The zero-order valence-electron chi connectivity index (χ0n) is 10.9. The maximum absolute atomic E-state index is 4.33. The van der Waals surface area contributed by atoms with Crippen LogP contribution in [0, 0.1) is 0 Å². The molecule has 0 saturated heterocycles. The van der Waals surface area contributed by atoms with Crippen molar-refractivity contribution in [2.24, 2.45) is 0 Å². The number of nitrogens with one attached hydrogen (secondary N) is 1. The number of para-hydroxylation sites is 1. The lowest BCUT2D eigenvalue weighted by Crippen LogP contribution is -2.10. The fraction of sp³-hybridized carbons (Fsp3) is 0.333. The van der Waals surface area contributed by atoms with E-state index in [1.54, 1.807) is 18.6 Å². The van der Waals surface area contributed by atoms with Crippen molar-refractivity contribution in [3.8, 4) is 0 Å². The summed E-state index contributed by atoms with van der Waals surface area (Å²) in [5, 5.41) is 3.51. The molecule has 0 aliphatic carbocycles. The molecule has 0 aliphatic heterocycles. The number of nitrogens with zero attached hydrogens (tertiary/aromatic N) is 2. The van der Waals surface area contributed by atoms with Gasteiger partial charge in [0.1, 0.15) is 0 Å². The van der Waals surface area contributed by atoms with Crippen LogP contribution in [0.4, 0.5) is 5.69 Å². The molecule has 0 aliphatic rings. The van der Waals surface area contributed by atoms with Gasteiger partial charge in [0.25, 0.3) is 0 Å². The zero-order valence-corrected chi connectivity index (χ0v) is 10.9. The third kappa shape index (κ3) is 3.06. The highest BCUT2D eigenvalue weighted by Gasteiger charge is 2.08. The summed E-state index contributed by atoms with van der Waals surface area (Å²) in [6.45, 7) is 4.30. The van der Waals surface area contributed by atoms with Crippen LogP contribution in [0.5, 0.6) is 0 Å². The second-order valence-electron chi connectivity index (χ2n) is 4.40. The molecule has 0 radical (unpaired) electrons. The van der Waals surface area contributed by atoms with Crippen LogP contribution in [0.15, 0.2) is 42.9 Å². The first-order valence-electron chi connectivity index (χ1n) is 6.41. The summed E-state index contributed by atoms with van der Waals surface area (Å²) in [4.78, 5) is 8.43. The minimum Gasteiger partial charge on any atom is -0.377 e. The van der Waals surface area contributed by atoms with Crippen LogP contribution in [0.25, 0.3) is 0 Å². The van der Waals surface area contributed by atoms with Gasteiger partial charge in [-0.05, 0) is 25.0 Å². The Morgan fingerprint density at radius 2 is 2.06 bits per heavy atom. The van der Waals surface area contributed by atoms with Gasteiger partial charge >= 0.3 is 0 Å². The van der Waals surface area contributed by atoms with Crippen molar-refractivity contribution in [2.45, 2.75) is 32.7 Å². The lowest BCUT2D eigenvalue weighted by molar-refractivity contribution is 0.820. The third-order valence-electron chi connectivity index (χ3n) is 2.94. The zero-order chi connectivity index (χ0) is 12.8. The molecule has 94 valence electrons. The standard InChI is InChI=1S/C15H19N3/c1-3-6-13-7-4-5-8-14(13)18-12(2)15-11-16-9-10-17-15/h4-5,7-12,18H,3,6H2,1-2H3. The minimum absolute atomic E-state index is 0.164. The molecule has 18 heavy (non-hydrogen) atoms. The molecule has 2 rings (SSSR count). The van der Waals surface area contributed by atoms with Crippen LogP contribution in [-0.4, -0.2) is 9.97 Å². The van der Waals surface area contributed by atoms with Crippen molar-refractivity contribution in [3.05, 3.63) is 54.1 Å². The SMILES string of the molecule is CCCc1ccccc1NC(C)c1cnccn1. The smallest absolute Gasteiger partial charge is 0.0806 e. The first kappa shape index (κ1) is 12.6. The molecular formula is C15H19N3. The topological polar surface area (TPSA) is 37.8 Å². The van der Waals surface area contributed by atoms with Crippen LogP contribution in [0.1, 0.15) is 37.6 Å². The Bertz CT molecular complexity index is 482. The van der Waals surface area contributed by atoms with Crippen LogP contribution >= 0.6 is 0 Å². The first-order chi connectivity index (χ1) is 8.81. The van der Waals surface area contributed by atoms with Crippen molar-refractivity contribution in [2.75, 3.05) is 5.32 Å². The molecule has 1 N–H and O–H groups in total. The van der Waals surface area contributed by atoms with E-state index in [9.17, 15) is 0 Å². The summed E-state index contributed by atoms with van der Waals surface area (Å²) < 4.78 is 0. The Kier molecular flexibility index (Phi) is 4.29. The van der Waals surface area contributed by atoms with E-state index in [0.717, 1.165) is 18.5 Å². The molecule has 2 aromatic rings. The van der Waals surface area contributed by atoms with Crippen LogP contribution in [-0.2, 0) is 6.42 Å². The third-order valence-corrected chi connectivity index (χ3v) is 2.94. The van der Waals surface area contributed by atoms with Gasteiger partial charge < -0.3 is 5.32 Å². The Labute approximate surface area is 108 Å². The predicted octanol–water partition coefficient (Wildman–Crippen LogP) is 3.60. The average Bonchev–Trinajstić information content (AvgIpc) is 2.42. The summed E-state index contributed by atoms with van der Waals surface area (Å²) in [7, 11) is 0. The van der Waals surface area contributed by atoms with Crippen molar-refractivity contribution >= 4 is 5.69 Å². The number of hydrogen-bond acceptors (Lipinski definition) is 3. The van der Waals surface area contributed by atoms with E-state index >= 15 is 0 Å². The fourth-order valence-corrected chi connectivity index (χ4v) is 1.99. The molecule has 3 nitrogen and oxygen atoms in total. The van der Waals surface area contributed by atoms with Gasteiger partial charge in [0.05, 0.1) is 17.9 Å². The Morgan fingerprint density at radius 3 is 2.78 bits per heavy atom. The van der Waals surface area contributed by atoms with E-state index in [2.05, 4.69) is 53.4 Å². The van der Waals surface area contributed by atoms with E-state index in [1.165, 1.54) is 11.3 Å². The summed E-state index contributed by atoms with van der Waals surface area (Å²) in [5.74, 6) is 0. The summed E-state index contributed by atoms with van der Waals surface area (Å²) >= 11 is 0. The molecular weight excluding hydrogens is 222 g/mol. The van der Waals surface area contributed by atoms with E-state index in [0.29, 0.717) is 0 Å². The van der Waals surface area contributed by atoms with Gasteiger partial charge in [0.15, 0.2) is 0 Å². The van der Waals surface area contributed by atoms with Crippen molar-refractivity contribution in [3.63, 3.8) is 0 Å². The van der Waals surface area contributed by atoms with Gasteiger partial charge in [-0.15, -0.1) is 0 Å². The van der Waals surface area contributed by atoms with Crippen molar-refractivity contribution in [1.82, 2.24) is 9.97 Å². The lowest BCUT2D eigenvalue weighted by Gasteiger charge is -2.17. The van der Waals surface area contributed by atoms with E-state index in [1.807, 2.05) is 0 Å². The number of aromatic nitrogens is 2. The van der Waals surface area contributed by atoms with Crippen LogP contribution in [0.2, 0.25) is 0 Å². The number of rotatable bonds is 5. The number of hydrogen-bond donors (Lipinski definition) is 1.